The molecule has 0 aliphatic carbocycles. The lowest BCUT2D eigenvalue weighted by Crippen LogP contribution is -2.27. The highest BCUT2D eigenvalue weighted by atomic mass is 19.1. The predicted octanol–water partition coefficient (Wildman–Crippen LogP) is 1.46. The Balaban J connectivity index is 2.17. The first-order valence-corrected chi connectivity index (χ1v) is 5.78. The third-order valence-corrected chi connectivity index (χ3v) is 2.73. The zero-order valence-electron chi connectivity index (χ0n) is 10.6. The lowest BCUT2D eigenvalue weighted by atomic mass is 10.1. The molecule has 1 aromatic heterocycles. The summed E-state index contributed by atoms with van der Waals surface area (Å²) in [7, 11) is 0. The second-order valence-electron chi connectivity index (χ2n) is 4.13. The first-order chi connectivity index (χ1) is 9.52. The molecule has 0 radical (unpaired) electrons. The summed E-state index contributed by atoms with van der Waals surface area (Å²) in [5.74, 6) is 3.02. The Bertz CT molecular complexity index is 591. The summed E-state index contributed by atoms with van der Waals surface area (Å²) in [6.07, 6.45) is 3.15. The van der Waals surface area contributed by atoms with Gasteiger partial charge < -0.3 is 15.7 Å². The number of hydrazine groups is 1. The van der Waals surface area contributed by atoms with Crippen molar-refractivity contribution < 1.29 is 13.6 Å². The Morgan fingerprint density at radius 1 is 1.40 bits per heavy atom. The Morgan fingerprint density at radius 3 is 2.55 bits per heavy atom. The lowest BCUT2D eigenvalue weighted by Gasteiger charge is -2.12. The number of H-pyrrole nitrogens is 1. The van der Waals surface area contributed by atoms with E-state index in [1.54, 1.807) is 19.3 Å². The smallest absolute Gasteiger partial charge is 0.252 e. The minimum absolute atomic E-state index is 0.141. The van der Waals surface area contributed by atoms with Crippen molar-refractivity contribution in [3.8, 4) is 0 Å². The number of rotatable bonds is 4. The standard InChI is InChI=1S/C12H13F2N5O/c1-6(11-16-2-3-17-11)18-12(20)7-4-8(13)10(19-15)9(14)5-7/h2-6,19H,15H2,1H3,(H,16,17)(H,18,20). The Morgan fingerprint density at radius 2 is 2.05 bits per heavy atom. The van der Waals surface area contributed by atoms with Crippen molar-refractivity contribution in [2.75, 3.05) is 5.43 Å². The van der Waals surface area contributed by atoms with Gasteiger partial charge in [0.2, 0.25) is 0 Å². The van der Waals surface area contributed by atoms with E-state index in [1.807, 2.05) is 5.43 Å². The van der Waals surface area contributed by atoms with E-state index in [-0.39, 0.29) is 5.56 Å². The number of nitrogen functional groups attached to an aromatic ring is 1. The second-order valence-corrected chi connectivity index (χ2v) is 4.13. The van der Waals surface area contributed by atoms with E-state index in [2.05, 4.69) is 15.3 Å². The molecule has 0 bridgehead atoms. The number of carbonyl (C=O) groups is 1. The number of nitrogens with zero attached hydrogens (tertiary/aromatic N) is 1. The molecule has 2 aromatic rings. The molecule has 1 atom stereocenters. The van der Waals surface area contributed by atoms with E-state index in [1.165, 1.54) is 0 Å². The largest absolute Gasteiger partial charge is 0.347 e. The maximum absolute atomic E-state index is 13.5. The summed E-state index contributed by atoms with van der Waals surface area (Å²) in [6, 6.07) is 1.39. The number of anilines is 1. The van der Waals surface area contributed by atoms with Gasteiger partial charge in [-0.25, -0.2) is 13.8 Å². The van der Waals surface area contributed by atoms with E-state index in [4.69, 9.17) is 5.84 Å². The highest BCUT2D eigenvalue weighted by Crippen LogP contribution is 2.20. The molecule has 1 amide bonds. The van der Waals surface area contributed by atoms with E-state index in [9.17, 15) is 13.6 Å². The molecule has 0 fully saturated rings. The molecule has 1 heterocycles. The molecule has 0 aliphatic rings. The molecule has 8 heteroatoms. The van der Waals surface area contributed by atoms with Gasteiger partial charge in [0.05, 0.1) is 6.04 Å². The lowest BCUT2D eigenvalue weighted by molar-refractivity contribution is 0.0937. The average molecular weight is 281 g/mol. The van der Waals surface area contributed by atoms with E-state index in [0.29, 0.717) is 5.82 Å². The van der Waals surface area contributed by atoms with Crippen molar-refractivity contribution >= 4 is 11.6 Å². The SMILES string of the molecule is CC(NC(=O)c1cc(F)c(NN)c(F)c1)c1ncc[nH]1. The summed E-state index contributed by atoms with van der Waals surface area (Å²) in [6.45, 7) is 1.69. The Kier molecular flexibility index (Phi) is 3.94. The summed E-state index contributed by atoms with van der Waals surface area (Å²) >= 11 is 0. The molecular formula is C12H13F2N5O. The number of benzene rings is 1. The molecule has 0 aliphatic heterocycles. The van der Waals surface area contributed by atoms with Gasteiger partial charge >= 0.3 is 0 Å². The normalized spacial score (nSPS) is 12.0. The highest BCUT2D eigenvalue weighted by molar-refractivity contribution is 5.94. The fourth-order valence-corrected chi connectivity index (χ4v) is 1.70. The summed E-state index contributed by atoms with van der Waals surface area (Å²) in [4.78, 5) is 18.7. The number of hydrogen-bond acceptors (Lipinski definition) is 4. The monoisotopic (exact) mass is 281 g/mol. The molecule has 0 spiro atoms. The molecule has 6 nitrogen and oxygen atoms in total. The van der Waals surface area contributed by atoms with Gasteiger partial charge in [-0.3, -0.25) is 10.6 Å². The van der Waals surface area contributed by atoms with E-state index in [0.717, 1.165) is 12.1 Å². The topological polar surface area (TPSA) is 95.8 Å². The number of imidazole rings is 1. The van der Waals surface area contributed by atoms with Gasteiger partial charge in [0.1, 0.15) is 11.5 Å². The van der Waals surface area contributed by atoms with Crippen LogP contribution in [0.25, 0.3) is 0 Å². The van der Waals surface area contributed by atoms with Crippen LogP contribution in [0.2, 0.25) is 0 Å². The number of nitrogens with two attached hydrogens (primary N) is 1. The van der Waals surface area contributed by atoms with Gasteiger partial charge in [-0.15, -0.1) is 0 Å². The van der Waals surface area contributed by atoms with Crippen LogP contribution in [0.4, 0.5) is 14.5 Å². The van der Waals surface area contributed by atoms with Crippen LogP contribution in [0.15, 0.2) is 24.5 Å². The van der Waals surface area contributed by atoms with Gasteiger partial charge in [-0.2, -0.15) is 0 Å². The van der Waals surface area contributed by atoms with Crippen molar-refractivity contribution in [1.29, 1.82) is 0 Å². The zero-order chi connectivity index (χ0) is 14.7. The van der Waals surface area contributed by atoms with Crippen LogP contribution in [0.3, 0.4) is 0 Å². The molecular weight excluding hydrogens is 268 g/mol. The van der Waals surface area contributed by atoms with E-state index >= 15 is 0 Å². The highest BCUT2D eigenvalue weighted by Gasteiger charge is 2.17. The summed E-state index contributed by atoms with van der Waals surface area (Å²) in [5.41, 5.74) is 1.27. The van der Waals surface area contributed by atoms with Crippen LogP contribution in [0.5, 0.6) is 0 Å². The minimum atomic E-state index is -0.941. The molecule has 1 aromatic carbocycles. The fourth-order valence-electron chi connectivity index (χ4n) is 1.70. The van der Waals surface area contributed by atoms with Crippen molar-refractivity contribution in [2.45, 2.75) is 13.0 Å². The third kappa shape index (κ3) is 2.75. The number of aromatic nitrogens is 2. The van der Waals surface area contributed by atoms with Gasteiger partial charge in [-0.1, -0.05) is 0 Å². The fraction of sp³-hybridized carbons (Fsp3) is 0.167. The summed E-state index contributed by atoms with van der Waals surface area (Å²) < 4.78 is 27.0. The molecule has 1 unspecified atom stereocenters. The van der Waals surface area contributed by atoms with Crippen LogP contribution < -0.4 is 16.6 Å². The molecule has 20 heavy (non-hydrogen) atoms. The van der Waals surface area contributed by atoms with Gasteiger partial charge in [0.25, 0.3) is 5.91 Å². The Hall–Kier alpha value is -2.48. The van der Waals surface area contributed by atoms with Crippen LogP contribution in [0.1, 0.15) is 29.1 Å². The molecule has 0 saturated heterocycles. The van der Waals surface area contributed by atoms with Crippen LogP contribution in [-0.4, -0.2) is 15.9 Å². The zero-order valence-corrected chi connectivity index (χ0v) is 10.6. The molecule has 0 saturated carbocycles. The molecule has 106 valence electrons. The van der Waals surface area contributed by atoms with Crippen LogP contribution in [-0.2, 0) is 0 Å². The minimum Gasteiger partial charge on any atom is -0.347 e. The number of aromatic amines is 1. The van der Waals surface area contributed by atoms with E-state index < -0.39 is 29.3 Å². The third-order valence-electron chi connectivity index (χ3n) is 2.73. The molecule has 5 N–H and O–H groups in total. The van der Waals surface area contributed by atoms with Crippen molar-refractivity contribution in [3.05, 3.63) is 47.5 Å². The first kappa shape index (κ1) is 13.9. The Labute approximate surface area is 113 Å². The molecule has 2 rings (SSSR count). The average Bonchev–Trinajstić information content (AvgIpc) is 2.92. The van der Waals surface area contributed by atoms with Crippen LogP contribution >= 0.6 is 0 Å². The maximum atomic E-state index is 13.5. The number of halogens is 2. The van der Waals surface area contributed by atoms with Gasteiger partial charge in [0, 0.05) is 18.0 Å². The van der Waals surface area contributed by atoms with Crippen LogP contribution in [0, 0.1) is 11.6 Å². The predicted molar refractivity (Wildman–Crippen MR) is 68.6 cm³/mol. The van der Waals surface area contributed by atoms with Crippen molar-refractivity contribution in [3.63, 3.8) is 0 Å². The number of nitrogens with one attached hydrogen (secondary N) is 3. The first-order valence-electron chi connectivity index (χ1n) is 5.78. The number of amides is 1. The number of carbonyl (C=O) groups excluding carboxylic acids is 1. The van der Waals surface area contributed by atoms with Crippen molar-refractivity contribution in [2.24, 2.45) is 5.84 Å². The quantitative estimate of drug-likeness (QED) is 0.504. The van der Waals surface area contributed by atoms with Crippen molar-refractivity contribution in [1.82, 2.24) is 15.3 Å². The maximum Gasteiger partial charge on any atom is 0.252 e. The van der Waals surface area contributed by atoms with Gasteiger partial charge in [0.15, 0.2) is 11.6 Å². The number of hydrogen-bond donors (Lipinski definition) is 4. The van der Waals surface area contributed by atoms with Gasteiger partial charge in [-0.05, 0) is 19.1 Å². The summed E-state index contributed by atoms with van der Waals surface area (Å²) in [5, 5.41) is 2.57. The second kappa shape index (κ2) is 5.66.